The van der Waals surface area contributed by atoms with Crippen molar-refractivity contribution in [2.75, 3.05) is 5.75 Å². The van der Waals surface area contributed by atoms with Crippen LogP contribution in [0.25, 0.3) is 0 Å². The Bertz CT molecular complexity index is 172. The average molecular weight is 201 g/mol. The molecule has 13 heavy (non-hydrogen) atoms. The molecule has 1 aliphatic carbocycles. The second kappa shape index (κ2) is 5.53. The highest BCUT2D eigenvalue weighted by Crippen LogP contribution is 2.22. The number of hydrogen-bond acceptors (Lipinski definition) is 2. The zero-order valence-corrected chi connectivity index (χ0v) is 9.15. The molecule has 1 N–H and O–H groups in total. The van der Waals surface area contributed by atoms with Gasteiger partial charge in [0, 0.05) is 6.04 Å². The topological polar surface area (TPSA) is 29.1 Å². The summed E-state index contributed by atoms with van der Waals surface area (Å²) in [5.74, 6) is 1.22. The summed E-state index contributed by atoms with van der Waals surface area (Å²) >= 11 is 3.95. The first kappa shape index (κ1) is 10.9. The zero-order chi connectivity index (χ0) is 9.68. The van der Waals surface area contributed by atoms with Crippen molar-refractivity contribution in [2.24, 2.45) is 5.92 Å². The number of nitrogens with one attached hydrogen (secondary N) is 1. The van der Waals surface area contributed by atoms with Crippen molar-refractivity contribution >= 4 is 18.5 Å². The van der Waals surface area contributed by atoms with E-state index in [0.29, 0.717) is 11.8 Å². The predicted molar refractivity (Wildman–Crippen MR) is 58.0 cm³/mol. The van der Waals surface area contributed by atoms with Crippen LogP contribution in [0.3, 0.4) is 0 Å². The van der Waals surface area contributed by atoms with E-state index in [4.69, 9.17) is 0 Å². The SMILES string of the molecule is CC1CCCC(NC(=O)CS)CC1. The van der Waals surface area contributed by atoms with E-state index in [-0.39, 0.29) is 5.91 Å². The van der Waals surface area contributed by atoms with Crippen molar-refractivity contribution in [2.45, 2.75) is 45.1 Å². The van der Waals surface area contributed by atoms with Gasteiger partial charge in [-0.05, 0) is 25.2 Å². The minimum absolute atomic E-state index is 0.0721. The Morgan fingerprint density at radius 2 is 2.15 bits per heavy atom. The van der Waals surface area contributed by atoms with Crippen LogP contribution in [-0.2, 0) is 4.79 Å². The highest BCUT2D eigenvalue weighted by molar-refractivity contribution is 7.81. The molecule has 0 radical (unpaired) electrons. The Morgan fingerprint density at radius 3 is 2.85 bits per heavy atom. The van der Waals surface area contributed by atoms with E-state index in [1.54, 1.807) is 0 Å². The van der Waals surface area contributed by atoms with Gasteiger partial charge in [0.2, 0.25) is 5.91 Å². The molecule has 0 heterocycles. The largest absolute Gasteiger partial charge is 0.353 e. The number of carbonyl (C=O) groups is 1. The normalized spacial score (nSPS) is 29.4. The maximum atomic E-state index is 11.1. The van der Waals surface area contributed by atoms with Gasteiger partial charge in [0.25, 0.3) is 0 Å². The van der Waals surface area contributed by atoms with E-state index < -0.39 is 0 Å². The van der Waals surface area contributed by atoms with Crippen molar-refractivity contribution < 1.29 is 4.79 Å². The van der Waals surface area contributed by atoms with Crippen LogP contribution < -0.4 is 5.32 Å². The number of hydrogen-bond donors (Lipinski definition) is 2. The van der Waals surface area contributed by atoms with Gasteiger partial charge < -0.3 is 5.32 Å². The molecule has 0 aromatic carbocycles. The standard InChI is InChI=1S/C10H19NOS/c1-8-3-2-4-9(6-5-8)11-10(12)7-13/h8-9,13H,2-7H2,1H3,(H,11,12). The first-order valence-corrected chi connectivity index (χ1v) is 5.76. The van der Waals surface area contributed by atoms with Crippen LogP contribution in [0.2, 0.25) is 0 Å². The summed E-state index contributed by atoms with van der Waals surface area (Å²) in [7, 11) is 0. The van der Waals surface area contributed by atoms with Gasteiger partial charge in [-0.3, -0.25) is 4.79 Å². The fraction of sp³-hybridized carbons (Fsp3) is 0.900. The summed E-state index contributed by atoms with van der Waals surface area (Å²) < 4.78 is 0. The highest BCUT2D eigenvalue weighted by atomic mass is 32.1. The van der Waals surface area contributed by atoms with E-state index in [0.717, 1.165) is 18.8 Å². The molecule has 1 fully saturated rings. The average Bonchev–Trinajstić information content (AvgIpc) is 2.31. The Labute approximate surface area is 85.9 Å². The van der Waals surface area contributed by atoms with Gasteiger partial charge in [0.1, 0.15) is 0 Å². The van der Waals surface area contributed by atoms with Gasteiger partial charge in [0.15, 0.2) is 0 Å². The lowest BCUT2D eigenvalue weighted by atomic mass is 10.0. The lowest BCUT2D eigenvalue weighted by Gasteiger charge is -2.15. The van der Waals surface area contributed by atoms with Crippen molar-refractivity contribution in [3.63, 3.8) is 0 Å². The molecule has 2 nitrogen and oxygen atoms in total. The summed E-state index contributed by atoms with van der Waals surface area (Å²) in [4.78, 5) is 11.1. The molecule has 76 valence electrons. The van der Waals surface area contributed by atoms with Gasteiger partial charge in [-0.1, -0.05) is 19.8 Å². The van der Waals surface area contributed by atoms with Crippen molar-refractivity contribution in [1.29, 1.82) is 0 Å². The molecule has 1 saturated carbocycles. The van der Waals surface area contributed by atoms with E-state index in [2.05, 4.69) is 24.9 Å². The van der Waals surface area contributed by atoms with Crippen molar-refractivity contribution in [1.82, 2.24) is 5.32 Å². The molecule has 0 saturated heterocycles. The van der Waals surface area contributed by atoms with E-state index in [9.17, 15) is 4.79 Å². The molecule has 0 aromatic heterocycles. The molecular formula is C10H19NOS. The predicted octanol–water partition coefficient (Wildman–Crippen LogP) is 2.00. The third kappa shape index (κ3) is 4.03. The van der Waals surface area contributed by atoms with Crippen molar-refractivity contribution in [3.8, 4) is 0 Å². The summed E-state index contributed by atoms with van der Waals surface area (Å²) in [5.41, 5.74) is 0. The Kier molecular flexibility index (Phi) is 4.64. The molecule has 2 atom stereocenters. The lowest BCUT2D eigenvalue weighted by molar-refractivity contribution is -0.119. The molecule has 1 amide bonds. The van der Waals surface area contributed by atoms with E-state index in [1.165, 1.54) is 19.3 Å². The molecular weight excluding hydrogens is 182 g/mol. The number of thiol groups is 1. The molecule has 2 unspecified atom stereocenters. The maximum absolute atomic E-state index is 11.1. The van der Waals surface area contributed by atoms with Gasteiger partial charge in [-0.25, -0.2) is 0 Å². The molecule has 3 heteroatoms. The molecule has 1 aliphatic rings. The van der Waals surface area contributed by atoms with E-state index in [1.807, 2.05) is 0 Å². The van der Waals surface area contributed by atoms with Gasteiger partial charge in [-0.15, -0.1) is 0 Å². The van der Waals surface area contributed by atoms with Crippen LogP contribution in [0.4, 0.5) is 0 Å². The third-order valence-corrected chi connectivity index (χ3v) is 3.05. The summed E-state index contributed by atoms with van der Waals surface area (Å²) in [5, 5.41) is 3.01. The lowest BCUT2D eigenvalue weighted by Crippen LogP contribution is -2.35. The fourth-order valence-electron chi connectivity index (χ4n) is 1.90. The first-order valence-electron chi connectivity index (χ1n) is 5.12. The van der Waals surface area contributed by atoms with Gasteiger partial charge in [0.05, 0.1) is 5.75 Å². The van der Waals surface area contributed by atoms with Crippen LogP contribution in [0, 0.1) is 5.92 Å². The maximum Gasteiger partial charge on any atom is 0.229 e. The smallest absolute Gasteiger partial charge is 0.229 e. The molecule has 0 bridgehead atoms. The second-order valence-electron chi connectivity index (χ2n) is 4.04. The van der Waals surface area contributed by atoms with Crippen LogP contribution in [-0.4, -0.2) is 17.7 Å². The monoisotopic (exact) mass is 201 g/mol. The number of carbonyl (C=O) groups excluding carboxylic acids is 1. The summed E-state index contributed by atoms with van der Waals surface area (Å²) in [6.45, 7) is 2.29. The van der Waals surface area contributed by atoms with Gasteiger partial charge in [-0.2, -0.15) is 12.6 Å². The second-order valence-corrected chi connectivity index (χ2v) is 4.35. The van der Waals surface area contributed by atoms with E-state index >= 15 is 0 Å². The minimum atomic E-state index is 0.0721. The summed E-state index contributed by atoms with van der Waals surface area (Å²) in [6.07, 6.45) is 6.09. The van der Waals surface area contributed by atoms with Crippen LogP contribution in [0.1, 0.15) is 39.0 Å². The van der Waals surface area contributed by atoms with Crippen LogP contribution in [0.5, 0.6) is 0 Å². The van der Waals surface area contributed by atoms with Crippen LogP contribution in [0.15, 0.2) is 0 Å². The molecule has 0 spiro atoms. The van der Waals surface area contributed by atoms with Gasteiger partial charge >= 0.3 is 0 Å². The molecule has 0 aromatic rings. The minimum Gasteiger partial charge on any atom is -0.353 e. The first-order chi connectivity index (χ1) is 6.22. The molecule has 1 rings (SSSR count). The van der Waals surface area contributed by atoms with Crippen LogP contribution >= 0.6 is 12.6 Å². The Hall–Kier alpha value is -0.180. The molecule has 0 aliphatic heterocycles. The third-order valence-electron chi connectivity index (χ3n) is 2.77. The summed E-state index contributed by atoms with van der Waals surface area (Å²) in [6, 6.07) is 0.407. The Morgan fingerprint density at radius 1 is 1.38 bits per heavy atom. The number of amides is 1. The Balaban J connectivity index is 2.29. The number of rotatable bonds is 2. The fourth-order valence-corrected chi connectivity index (χ4v) is 2.00. The zero-order valence-electron chi connectivity index (χ0n) is 8.25. The highest BCUT2D eigenvalue weighted by Gasteiger charge is 2.16. The van der Waals surface area contributed by atoms with Crippen molar-refractivity contribution in [3.05, 3.63) is 0 Å². The quantitative estimate of drug-likeness (QED) is 0.519.